The largest absolute Gasteiger partial charge is 0.368 e. The topological polar surface area (TPSA) is 70.6 Å². The van der Waals surface area contributed by atoms with Crippen LogP contribution in [0.3, 0.4) is 0 Å². The molecule has 0 aromatic carbocycles. The van der Waals surface area contributed by atoms with Gasteiger partial charge in [0, 0.05) is 45.9 Å². The summed E-state index contributed by atoms with van der Waals surface area (Å²) in [6, 6.07) is 0. The quantitative estimate of drug-likeness (QED) is 0.833. The summed E-state index contributed by atoms with van der Waals surface area (Å²) in [6.07, 6.45) is 8.42. The molecule has 154 valence electrons. The van der Waals surface area contributed by atoms with Crippen molar-refractivity contribution in [2.75, 3.05) is 50.1 Å². The van der Waals surface area contributed by atoms with E-state index in [2.05, 4.69) is 10.2 Å². The molecule has 3 heterocycles. The number of carbonyl (C=O) groups is 1. The molecule has 1 atom stereocenters. The highest BCUT2D eigenvalue weighted by Gasteiger charge is 2.28. The van der Waals surface area contributed by atoms with Crippen molar-refractivity contribution in [1.29, 1.82) is 0 Å². The number of amides is 1. The van der Waals surface area contributed by atoms with Gasteiger partial charge in [-0.1, -0.05) is 0 Å². The number of fused-ring (bicyclic) bond motifs is 1. The van der Waals surface area contributed by atoms with Crippen LogP contribution in [0, 0.1) is 5.92 Å². The Kier molecular flexibility index (Phi) is 5.99. The van der Waals surface area contributed by atoms with Crippen molar-refractivity contribution < 1.29 is 9.53 Å². The van der Waals surface area contributed by atoms with Crippen molar-refractivity contribution in [2.24, 2.45) is 5.92 Å². The summed E-state index contributed by atoms with van der Waals surface area (Å²) in [5.41, 5.74) is 2.60. The van der Waals surface area contributed by atoms with Crippen molar-refractivity contribution in [3.63, 3.8) is 0 Å². The van der Waals surface area contributed by atoms with E-state index in [4.69, 9.17) is 14.7 Å². The second kappa shape index (κ2) is 8.64. The molecule has 3 aliphatic rings. The first-order valence-corrected chi connectivity index (χ1v) is 10.8. The minimum absolute atomic E-state index is 0.0698. The molecule has 0 unspecified atom stereocenters. The molecule has 2 fully saturated rings. The molecule has 1 aromatic heterocycles. The van der Waals surface area contributed by atoms with Gasteiger partial charge in [-0.05, 0) is 57.3 Å². The molecule has 1 aromatic rings. The molecule has 1 N–H and O–H groups in total. The molecule has 2 aliphatic heterocycles. The van der Waals surface area contributed by atoms with E-state index in [-0.39, 0.29) is 12.0 Å². The lowest BCUT2D eigenvalue weighted by atomic mass is 9.93. The predicted molar refractivity (Wildman–Crippen MR) is 110 cm³/mol. The first-order chi connectivity index (χ1) is 13.6. The fraction of sp³-hybridized carbons (Fsp3) is 0.762. The molecule has 4 rings (SSSR count). The van der Waals surface area contributed by atoms with Gasteiger partial charge in [0.05, 0.1) is 5.69 Å². The SMILES string of the molecule is CN(C)c1nc2c(c(N3CCC(CNC(=O)[C@H]4CCCO4)CC3)n1)CCCC2. The number of ether oxygens (including phenoxy) is 1. The fourth-order valence-corrected chi connectivity index (χ4v) is 4.52. The summed E-state index contributed by atoms with van der Waals surface area (Å²) in [5.74, 6) is 2.57. The van der Waals surface area contributed by atoms with Crippen LogP contribution in [0.4, 0.5) is 11.8 Å². The number of carbonyl (C=O) groups excluding carboxylic acids is 1. The van der Waals surface area contributed by atoms with Gasteiger partial charge in [0.25, 0.3) is 0 Å². The average molecular weight is 388 g/mol. The standard InChI is InChI=1S/C21H33N5O2/c1-25(2)21-23-17-7-4-3-6-16(17)19(24-21)26-11-9-15(10-12-26)14-22-20(27)18-8-5-13-28-18/h15,18H,3-14H2,1-2H3,(H,22,27)/t18-/m1/s1. The normalized spacial score (nSPS) is 22.8. The van der Waals surface area contributed by atoms with Gasteiger partial charge in [-0.3, -0.25) is 4.79 Å². The van der Waals surface area contributed by atoms with Crippen LogP contribution in [0.25, 0.3) is 0 Å². The summed E-state index contributed by atoms with van der Waals surface area (Å²) >= 11 is 0. The van der Waals surface area contributed by atoms with Crippen LogP contribution in [0.5, 0.6) is 0 Å². The zero-order valence-corrected chi connectivity index (χ0v) is 17.2. The third-order valence-corrected chi connectivity index (χ3v) is 6.25. The first-order valence-electron chi connectivity index (χ1n) is 10.8. The minimum atomic E-state index is -0.225. The van der Waals surface area contributed by atoms with E-state index in [1.54, 1.807) is 0 Å². The molecular formula is C21H33N5O2. The van der Waals surface area contributed by atoms with E-state index in [0.29, 0.717) is 12.5 Å². The highest BCUT2D eigenvalue weighted by atomic mass is 16.5. The number of rotatable bonds is 5. The highest BCUT2D eigenvalue weighted by molar-refractivity contribution is 5.80. The lowest BCUT2D eigenvalue weighted by Gasteiger charge is -2.35. The van der Waals surface area contributed by atoms with E-state index < -0.39 is 0 Å². The molecule has 0 radical (unpaired) electrons. The van der Waals surface area contributed by atoms with Crippen molar-refractivity contribution in [1.82, 2.24) is 15.3 Å². The van der Waals surface area contributed by atoms with Gasteiger partial charge in [-0.2, -0.15) is 4.98 Å². The summed E-state index contributed by atoms with van der Waals surface area (Å²) in [6.45, 7) is 3.47. The van der Waals surface area contributed by atoms with Gasteiger partial charge in [-0.25, -0.2) is 4.98 Å². The lowest BCUT2D eigenvalue weighted by molar-refractivity contribution is -0.130. The molecule has 1 aliphatic carbocycles. The number of aromatic nitrogens is 2. The Balaban J connectivity index is 1.37. The molecule has 0 saturated carbocycles. The zero-order valence-electron chi connectivity index (χ0n) is 17.2. The van der Waals surface area contributed by atoms with E-state index in [1.165, 1.54) is 24.1 Å². The Morgan fingerprint density at radius 2 is 1.93 bits per heavy atom. The fourth-order valence-electron chi connectivity index (χ4n) is 4.52. The van der Waals surface area contributed by atoms with Crippen LogP contribution < -0.4 is 15.1 Å². The van der Waals surface area contributed by atoms with Gasteiger partial charge in [0.2, 0.25) is 11.9 Å². The molecule has 7 nitrogen and oxygen atoms in total. The number of anilines is 2. The van der Waals surface area contributed by atoms with Gasteiger partial charge in [-0.15, -0.1) is 0 Å². The average Bonchev–Trinajstić information content (AvgIpc) is 3.26. The molecule has 28 heavy (non-hydrogen) atoms. The van der Waals surface area contributed by atoms with Crippen molar-refractivity contribution in [3.8, 4) is 0 Å². The van der Waals surface area contributed by atoms with Crippen LogP contribution in [-0.2, 0) is 22.4 Å². The monoisotopic (exact) mass is 387 g/mol. The first kappa shape index (κ1) is 19.4. The number of piperidine rings is 1. The van der Waals surface area contributed by atoms with E-state index in [9.17, 15) is 4.79 Å². The third-order valence-electron chi connectivity index (χ3n) is 6.25. The number of hydrogen-bond donors (Lipinski definition) is 1. The van der Waals surface area contributed by atoms with E-state index in [0.717, 1.165) is 69.9 Å². The number of aryl methyl sites for hydroxylation is 1. The smallest absolute Gasteiger partial charge is 0.249 e. The van der Waals surface area contributed by atoms with E-state index >= 15 is 0 Å². The Hall–Kier alpha value is -1.89. The zero-order chi connectivity index (χ0) is 19.5. The molecule has 0 bridgehead atoms. The lowest BCUT2D eigenvalue weighted by Crippen LogP contribution is -2.42. The van der Waals surface area contributed by atoms with E-state index in [1.807, 2.05) is 19.0 Å². The van der Waals surface area contributed by atoms with Gasteiger partial charge in [0.15, 0.2) is 0 Å². The summed E-state index contributed by atoms with van der Waals surface area (Å²) in [4.78, 5) is 26.3. The maximum Gasteiger partial charge on any atom is 0.249 e. The Morgan fingerprint density at radius 1 is 1.14 bits per heavy atom. The molecule has 2 saturated heterocycles. The van der Waals surface area contributed by atoms with Crippen molar-refractivity contribution in [3.05, 3.63) is 11.3 Å². The highest BCUT2D eigenvalue weighted by Crippen LogP contribution is 2.32. The van der Waals surface area contributed by atoms with Crippen LogP contribution in [0.1, 0.15) is 49.8 Å². The van der Waals surface area contributed by atoms with Gasteiger partial charge >= 0.3 is 0 Å². The van der Waals surface area contributed by atoms with Crippen LogP contribution in [0.2, 0.25) is 0 Å². The molecular weight excluding hydrogens is 354 g/mol. The van der Waals surface area contributed by atoms with Crippen molar-refractivity contribution in [2.45, 2.75) is 57.5 Å². The molecule has 7 heteroatoms. The Labute approximate surface area is 167 Å². The van der Waals surface area contributed by atoms with Gasteiger partial charge in [0.1, 0.15) is 11.9 Å². The Bertz CT molecular complexity index is 694. The summed E-state index contributed by atoms with van der Waals surface area (Å²) < 4.78 is 5.47. The third kappa shape index (κ3) is 4.24. The van der Waals surface area contributed by atoms with Crippen LogP contribution >= 0.6 is 0 Å². The second-order valence-corrected chi connectivity index (χ2v) is 8.55. The van der Waals surface area contributed by atoms with Crippen LogP contribution in [-0.4, -0.2) is 62.3 Å². The van der Waals surface area contributed by atoms with Gasteiger partial charge < -0.3 is 19.9 Å². The molecule has 0 spiro atoms. The molecule has 1 amide bonds. The van der Waals surface area contributed by atoms with Crippen molar-refractivity contribution >= 4 is 17.7 Å². The summed E-state index contributed by atoms with van der Waals surface area (Å²) in [5, 5.41) is 3.11. The number of hydrogen-bond acceptors (Lipinski definition) is 6. The summed E-state index contributed by atoms with van der Waals surface area (Å²) in [7, 11) is 4.02. The minimum Gasteiger partial charge on any atom is -0.368 e. The van der Waals surface area contributed by atoms with Crippen LogP contribution in [0.15, 0.2) is 0 Å². The second-order valence-electron chi connectivity index (χ2n) is 8.55. The number of nitrogens with zero attached hydrogens (tertiary/aromatic N) is 4. The number of nitrogens with one attached hydrogen (secondary N) is 1. The predicted octanol–water partition coefficient (Wildman–Crippen LogP) is 1.93. The maximum absolute atomic E-state index is 12.2. The Morgan fingerprint density at radius 3 is 2.64 bits per heavy atom. The maximum atomic E-state index is 12.2.